The third kappa shape index (κ3) is 8.78. The molecule has 34 heavy (non-hydrogen) atoms. The van der Waals surface area contributed by atoms with E-state index >= 15 is 0 Å². The highest BCUT2D eigenvalue weighted by Crippen LogP contribution is 2.46. The summed E-state index contributed by atoms with van der Waals surface area (Å²) < 4.78 is 14.4. The maximum absolute atomic E-state index is 6.15. The van der Waals surface area contributed by atoms with Crippen LogP contribution in [0.15, 0.2) is 43.0 Å². The van der Waals surface area contributed by atoms with Crippen LogP contribution in [0.25, 0.3) is 0 Å². The van der Waals surface area contributed by atoms with Crippen LogP contribution in [-0.2, 0) is 6.42 Å². The van der Waals surface area contributed by atoms with E-state index < -0.39 is 0 Å². The minimum Gasteiger partial charge on any atom is -0.492 e. The average Bonchev–Trinajstić information content (AvgIpc) is 2.82. The summed E-state index contributed by atoms with van der Waals surface area (Å²) in [7, 11) is 0. The van der Waals surface area contributed by atoms with Crippen molar-refractivity contribution in [3.8, 4) is 11.5 Å². The smallest absolute Gasteiger partial charge is 0.133 e. The second kappa shape index (κ2) is 15.5. The van der Waals surface area contributed by atoms with Gasteiger partial charge in [0.25, 0.3) is 0 Å². The number of fused-ring (bicyclic) bond motifs is 2. The Labute approximate surface area is 228 Å². The summed E-state index contributed by atoms with van der Waals surface area (Å²) in [5.41, 5.74) is 2.67. The molecule has 0 aliphatic carbocycles. The van der Waals surface area contributed by atoms with Gasteiger partial charge in [0.2, 0.25) is 0 Å². The third-order valence-electron chi connectivity index (χ3n) is 6.34. The van der Waals surface area contributed by atoms with Crippen molar-refractivity contribution in [2.75, 3.05) is 13.2 Å². The van der Waals surface area contributed by atoms with Gasteiger partial charge in [-0.05, 0) is 86.5 Å². The predicted molar refractivity (Wildman–Crippen MR) is 153 cm³/mol. The molecule has 0 radical (unpaired) electrons. The molecule has 2 nitrogen and oxygen atoms in total. The van der Waals surface area contributed by atoms with Crippen LogP contribution in [-0.4, -0.2) is 13.2 Å². The fourth-order valence-corrected chi connectivity index (χ4v) is 6.63. The van der Waals surface area contributed by atoms with E-state index in [9.17, 15) is 0 Å². The fraction of sp³-hybridized carbons (Fsp3) is 0.586. The van der Waals surface area contributed by atoms with E-state index in [1.54, 1.807) is 0 Å². The quantitative estimate of drug-likeness (QED) is 0.150. The Kier molecular flexibility index (Phi) is 12.7. The van der Waals surface area contributed by atoms with Crippen LogP contribution in [0.1, 0.15) is 102 Å². The molecule has 0 spiro atoms. The molecule has 0 amide bonds. The standard InChI is InChI=1S/C29H40Br2O2S/c1-3-5-7-9-11-13-15-32-26-18-22-17-23-19-27(33-16-14-12-10-8-6-4-2)25(31)21-29(23)34-28(22)20-24(26)30/h18-21H,3-17H2,1-2H3. The Bertz CT molecular complexity index is 829. The van der Waals surface area contributed by atoms with Gasteiger partial charge in [-0.25, -0.2) is 0 Å². The first kappa shape index (κ1) is 27.9. The lowest BCUT2D eigenvalue weighted by atomic mass is 10.0. The van der Waals surface area contributed by atoms with Crippen LogP contribution >= 0.6 is 43.6 Å². The van der Waals surface area contributed by atoms with Crippen LogP contribution < -0.4 is 9.47 Å². The molecule has 0 unspecified atom stereocenters. The molecule has 1 heterocycles. The highest BCUT2D eigenvalue weighted by Gasteiger charge is 2.21. The van der Waals surface area contributed by atoms with Crippen molar-refractivity contribution in [3.05, 3.63) is 44.3 Å². The molecule has 2 aromatic rings. The summed E-state index contributed by atoms with van der Waals surface area (Å²) in [6.07, 6.45) is 16.3. The highest BCUT2D eigenvalue weighted by atomic mass is 79.9. The summed E-state index contributed by atoms with van der Waals surface area (Å²) in [6.45, 7) is 6.10. The van der Waals surface area contributed by atoms with E-state index in [2.05, 4.69) is 70.0 Å². The molecule has 5 heteroatoms. The Morgan fingerprint density at radius 1 is 0.618 bits per heavy atom. The first-order chi connectivity index (χ1) is 16.6. The van der Waals surface area contributed by atoms with E-state index in [1.165, 1.54) is 85.1 Å². The Morgan fingerprint density at radius 2 is 1.03 bits per heavy atom. The van der Waals surface area contributed by atoms with Gasteiger partial charge in [-0.1, -0.05) is 89.8 Å². The van der Waals surface area contributed by atoms with Crippen molar-refractivity contribution in [2.45, 2.75) is 107 Å². The van der Waals surface area contributed by atoms with Crippen molar-refractivity contribution >= 4 is 43.6 Å². The van der Waals surface area contributed by atoms with Crippen LogP contribution in [0.4, 0.5) is 0 Å². The van der Waals surface area contributed by atoms with Crippen molar-refractivity contribution < 1.29 is 9.47 Å². The Morgan fingerprint density at radius 3 is 1.47 bits per heavy atom. The molecule has 188 valence electrons. The number of hydrogen-bond donors (Lipinski definition) is 0. The average molecular weight is 613 g/mol. The predicted octanol–water partition coefficient (Wildman–Crippen LogP) is 10.7. The van der Waals surface area contributed by atoms with Gasteiger partial charge in [0, 0.05) is 9.79 Å². The van der Waals surface area contributed by atoms with E-state index in [-0.39, 0.29) is 0 Å². The van der Waals surface area contributed by atoms with E-state index in [4.69, 9.17) is 9.47 Å². The number of hydrogen-bond acceptors (Lipinski definition) is 3. The van der Waals surface area contributed by atoms with E-state index in [1.807, 2.05) is 11.8 Å². The van der Waals surface area contributed by atoms with Crippen molar-refractivity contribution in [3.63, 3.8) is 0 Å². The fourth-order valence-electron chi connectivity index (χ4n) is 4.29. The van der Waals surface area contributed by atoms with E-state index in [0.29, 0.717) is 0 Å². The summed E-state index contributed by atoms with van der Waals surface area (Å²) in [5, 5.41) is 0. The molecule has 0 saturated heterocycles. The van der Waals surface area contributed by atoms with Crippen molar-refractivity contribution in [2.24, 2.45) is 0 Å². The summed E-state index contributed by atoms with van der Waals surface area (Å²) in [5.74, 6) is 1.93. The zero-order valence-electron chi connectivity index (χ0n) is 20.9. The summed E-state index contributed by atoms with van der Waals surface area (Å²) in [4.78, 5) is 2.61. The highest BCUT2D eigenvalue weighted by molar-refractivity contribution is 9.11. The van der Waals surface area contributed by atoms with Gasteiger partial charge in [-0.3, -0.25) is 0 Å². The number of rotatable bonds is 16. The SMILES string of the molecule is CCCCCCCCOc1cc2c(cc1Br)Sc1cc(Br)c(OCCCCCCCC)cc1C2. The molecule has 0 aromatic heterocycles. The lowest BCUT2D eigenvalue weighted by Gasteiger charge is -2.22. The maximum atomic E-state index is 6.15. The van der Waals surface area contributed by atoms with Crippen molar-refractivity contribution in [1.82, 2.24) is 0 Å². The third-order valence-corrected chi connectivity index (χ3v) is 8.78. The molecule has 1 aliphatic heterocycles. The largest absolute Gasteiger partial charge is 0.492 e. The Balaban J connectivity index is 1.54. The summed E-state index contributed by atoms with van der Waals surface area (Å²) >= 11 is 9.30. The van der Waals surface area contributed by atoms with Gasteiger partial charge in [-0.2, -0.15) is 0 Å². The molecule has 0 atom stereocenters. The molecule has 0 N–H and O–H groups in total. The second-order valence-corrected chi connectivity index (χ2v) is 12.1. The monoisotopic (exact) mass is 610 g/mol. The van der Waals surface area contributed by atoms with Gasteiger partial charge in [0.15, 0.2) is 0 Å². The van der Waals surface area contributed by atoms with Gasteiger partial charge >= 0.3 is 0 Å². The van der Waals surface area contributed by atoms with Crippen LogP contribution in [0.3, 0.4) is 0 Å². The van der Waals surface area contributed by atoms with Gasteiger partial charge in [-0.15, -0.1) is 0 Å². The minimum atomic E-state index is 0.788. The molecule has 2 aromatic carbocycles. The van der Waals surface area contributed by atoms with Crippen LogP contribution in [0.5, 0.6) is 11.5 Å². The number of benzene rings is 2. The van der Waals surface area contributed by atoms with Crippen LogP contribution in [0, 0.1) is 0 Å². The van der Waals surface area contributed by atoms with Crippen molar-refractivity contribution in [1.29, 1.82) is 0 Å². The molecule has 1 aliphatic rings. The zero-order chi connectivity index (χ0) is 24.2. The first-order valence-corrected chi connectivity index (χ1v) is 15.6. The number of unbranched alkanes of at least 4 members (excludes halogenated alkanes) is 10. The second-order valence-electron chi connectivity index (χ2n) is 9.29. The molecule has 0 bridgehead atoms. The van der Waals surface area contributed by atoms with Gasteiger partial charge < -0.3 is 9.47 Å². The molecule has 0 saturated carbocycles. The molecule has 3 rings (SSSR count). The number of ether oxygens (including phenoxy) is 2. The molecule has 0 fully saturated rings. The number of halogens is 2. The molecular formula is C29H40Br2O2S. The lowest BCUT2D eigenvalue weighted by Crippen LogP contribution is -2.05. The van der Waals surface area contributed by atoms with E-state index in [0.717, 1.165) is 52.9 Å². The van der Waals surface area contributed by atoms with Gasteiger partial charge in [0.1, 0.15) is 11.5 Å². The Hall–Kier alpha value is -0.650. The lowest BCUT2D eigenvalue weighted by molar-refractivity contribution is 0.302. The first-order valence-electron chi connectivity index (χ1n) is 13.2. The van der Waals surface area contributed by atoms with Gasteiger partial charge in [0.05, 0.1) is 22.2 Å². The topological polar surface area (TPSA) is 18.5 Å². The maximum Gasteiger partial charge on any atom is 0.133 e. The van der Waals surface area contributed by atoms with Crippen LogP contribution in [0.2, 0.25) is 0 Å². The molecular weight excluding hydrogens is 572 g/mol. The normalized spacial score (nSPS) is 12.4. The zero-order valence-corrected chi connectivity index (χ0v) is 24.9. The summed E-state index contributed by atoms with van der Waals surface area (Å²) in [6, 6.07) is 8.89. The minimum absolute atomic E-state index is 0.788.